The Hall–Kier alpha value is -5.02. The summed E-state index contributed by atoms with van der Waals surface area (Å²) in [6, 6.07) is 15.4. The molecule has 0 radical (unpaired) electrons. The molecule has 0 saturated carbocycles. The summed E-state index contributed by atoms with van der Waals surface area (Å²) >= 11 is 2.57. The molecule has 2 aromatic heterocycles. The number of thiazole rings is 2. The average Bonchev–Trinajstić information content (AvgIpc) is 4.07. The molecule has 2 fully saturated rings. The van der Waals surface area contributed by atoms with Gasteiger partial charge in [0.15, 0.2) is 11.4 Å². The predicted octanol–water partition coefficient (Wildman–Crippen LogP) is 10.1. The van der Waals surface area contributed by atoms with Crippen molar-refractivity contribution >= 4 is 70.0 Å². The summed E-state index contributed by atoms with van der Waals surface area (Å²) in [5.74, 6) is -1.85. The molecule has 4 N–H and O–H groups in total. The van der Waals surface area contributed by atoms with Gasteiger partial charge in [-0.25, -0.2) is 19.6 Å². The van der Waals surface area contributed by atoms with Crippen molar-refractivity contribution in [2.24, 2.45) is 0 Å². The quantitative estimate of drug-likeness (QED) is 0.0625. The van der Waals surface area contributed by atoms with Crippen LogP contribution in [0.25, 0.3) is 12.2 Å². The first-order chi connectivity index (χ1) is 29.0. The number of carbonyl (C=O) groups is 4. The molecule has 2 aromatic carbocycles. The van der Waals surface area contributed by atoms with Gasteiger partial charge in [-0.05, 0) is 86.1 Å². The monoisotopic (exact) mass is 856 g/mol. The van der Waals surface area contributed by atoms with Gasteiger partial charge in [0, 0.05) is 47.1 Å². The zero-order valence-electron chi connectivity index (χ0n) is 34.3. The van der Waals surface area contributed by atoms with Gasteiger partial charge in [0.1, 0.15) is 10.0 Å². The molecule has 320 valence electrons. The first-order valence-electron chi connectivity index (χ1n) is 20.9. The van der Waals surface area contributed by atoms with Crippen LogP contribution in [0.1, 0.15) is 158 Å². The second kappa shape index (κ2) is 23.1. The fourth-order valence-corrected chi connectivity index (χ4v) is 8.87. The Morgan fingerprint density at radius 1 is 0.667 bits per heavy atom. The fourth-order valence-electron chi connectivity index (χ4n) is 7.44. The number of hydrogen-bond acceptors (Lipinski definition) is 10. The molecule has 0 unspecified atom stereocenters. The maximum atomic E-state index is 12.5. The van der Waals surface area contributed by atoms with Crippen molar-refractivity contribution < 1.29 is 39.6 Å². The minimum absolute atomic E-state index is 0.0503. The third-order valence-electron chi connectivity index (χ3n) is 10.7. The highest BCUT2D eigenvalue weighted by Crippen LogP contribution is 2.32. The number of amides is 2. The molecule has 0 aliphatic carbocycles. The molecule has 2 aliphatic heterocycles. The summed E-state index contributed by atoms with van der Waals surface area (Å²) < 4.78 is 0. The van der Waals surface area contributed by atoms with Gasteiger partial charge < -0.3 is 30.2 Å². The van der Waals surface area contributed by atoms with Gasteiger partial charge in [-0.1, -0.05) is 88.8 Å². The number of benzene rings is 2. The largest absolute Gasteiger partial charge is 0.476 e. The van der Waals surface area contributed by atoms with Crippen LogP contribution in [0.15, 0.2) is 71.4 Å². The van der Waals surface area contributed by atoms with E-state index < -0.39 is 24.1 Å². The lowest BCUT2D eigenvalue weighted by atomic mass is 10.0. The number of rotatable bonds is 20. The number of carboxylic acids is 2. The number of aliphatic hydroxyl groups is 2. The van der Waals surface area contributed by atoms with Crippen LogP contribution in [-0.4, -0.2) is 66.2 Å². The standard InChI is InChI=1S/2C23H28N2O4S/c2*1-2-3-4-7-20(26)16-9-11-18(12-10-16)25-17(13-14-22(25)27)6-5-8-21-24-19(15-30-21)23(28)29/h2*5,8-12,15,17,20,26H,2-4,6-7,13-14H2,1H3,(H,28,29)/b8-5+;8-5-/t2*17-,20-/m00/s1. The third kappa shape index (κ3) is 13.0. The van der Waals surface area contributed by atoms with Crippen LogP contribution < -0.4 is 9.80 Å². The van der Waals surface area contributed by atoms with Crippen molar-refractivity contribution in [2.45, 2.75) is 128 Å². The topological polar surface area (TPSA) is 181 Å². The van der Waals surface area contributed by atoms with E-state index in [0.29, 0.717) is 35.7 Å². The van der Waals surface area contributed by atoms with Gasteiger partial charge in [0.25, 0.3) is 0 Å². The predicted molar refractivity (Wildman–Crippen MR) is 238 cm³/mol. The summed E-state index contributed by atoms with van der Waals surface area (Å²) in [5.41, 5.74) is 3.57. The number of aliphatic hydroxyl groups excluding tert-OH is 2. The lowest BCUT2D eigenvalue weighted by Gasteiger charge is -2.24. The Balaban J connectivity index is 0.000000228. The molecule has 2 saturated heterocycles. The maximum absolute atomic E-state index is 12.5. The van der Waals surface area contributed by atoms with Crippen LogP contribution >= 0.6 is 22.7 Å². The molecule has 4 aromatic rings. The Morgan fingerprint density at radius 2 is 1.05 bits per heavy atom. The second-order valence-electron chi connectivity index (χ2n) is 15.1. The van der Waals surface area contributed by atoms with Crippen molar-refractivity contribution in [1.82, 2.24) is 9.97 Å². The molecule has 4 atom stereocenters. The third-order valence-corrected chi connectivity index (χ3v) is 12.4. The van der Waals surface area contributed by atoms with Gasteiger partial charge >= 0.3 is 11.9 Å². The Morgan fingerprint density at radius 3 is 1.38 bits per heavy atom. The highest BCUT2D eigenvalue weighted by Gasteiger charge is 2.32. The Kier molecular flexibility index (Phi) is 17.7. The number of carbonyl (C=O) groups excluding carboxylic acids is 2. The van der Waals surface area contributed by atoms with E-state index in [1.807, 2.05) is 82.6 Å². The van der Waals surface area contributed by atoms with Crippen molar-refractivity contribution in [3.8, 4) is 0 Å². The van der Waals surface area contributed by atoms with Crippen molar-refractivity contribution in [1.29, 1.82) is 0 Å². The first-order valence-corrected chi connectivity index (χ1v) is 22.7. The van der Waals surface area contributed by atoms with Gasteiger partial charge in [-0.3, -0.25) is 9.59 Å². The molecule has 2 amide bonds. The molecule has 4 heterocycles. The van der Waals surface area contributed by atoms with Crippen LogP contribution in [0.5, 0.6) is 0 Å². The molecule has 2 aliphatic rings. The number of carboxylic acid groups (broad SMARTS) is 2. The van der Waals surface area contributed by atoms with Crippen molar-refractivity contribution in [2.75, 3.05) is 9.80 Å². The van der Waals surface area contributed by atoms with Crippen LogP contribution in [0.3, 0.4) is 0 Å². The first kappa shape index (κ1) is 46.1. The SMILES string of the molecule is CCCCC[C@H](O)c1ccc(N2C(=O)CC[C@@H]2C/C=C/c2nc(C(=O)O)cs2)cc1.CCCCC[C@H](O)c1ccc(N2C(=O)CC[C@@H]2C/C=C\c2nc(C(=O)O)cs2)cc1. The summed E-state index contributed by atoms with van der Waals surface area (Å²) in [6.07, 6.45) is 18.5. The number of hydrogen-bond donors (Lipinski definition) is 4. The van der Waals surface area contributed by atoms with Gasteiger partial charge in [-0.2, -0.15) is 0 Å². The van der Waals surface area contributed by atoms with E-state index in [9.17, 15) is 29.4 Å². The fraction of sp³-hybridized carbons (Fsp3) is 0.435. The van der Waals surface area contributed by atoms with Gasteiger partial charge in [-0.15, -0.1) is 22.7 Å². The molecule has 0 bridgehead atoms. The highest BCUT2D eigenvalue weighted by atomic mass is 32.1. The molecule has 14 heteroatoms. The van der Waals surface area contributed by atoms with Crippen molar-refractivity contribution in [3.05, 3.63) is 104 Å². The van der Waals surface area contributed by atoms with Crippen LogP contribution in [0.4, 0.5) is 11.4 Å². The van der Waals surface area contributed by atoms with E-state index in [2.05, 4.69) is 23.8 Å². The Bertz CT molecular complexity index is 1930. The number of nitrogens with zero attached hydrogens (tertiary/aromatic N) is 4. The van der Waals surface area contributed by atoms with E-state index in [1.165, 1.54) is 33.4 Å². The van der Waals surface area contributed by atoms with Crippen molar-refractivity contribution in [3.63, 3.8) is 0 Å². The smallest absolute Gasteiger partial charge is 0.355 e. The van der Waals surface area contributed by atoms with E-state index >= 15 is 0 Å². The average molecular weight is 857 g/mol. The van der Waals surface area contributed by atoms with Crippen LogP contribution in [0.2, 0.25) is 0 Å². The maximum Gasteiger partial charge on any atom is 0.355 e. The van der Waals surface area contributed by atoms with E-state index in [0.717, 1.165) is 86.7 Å². The molecular weight excluding hydrogens is 801 g/mol. The molecule has 0 spiro atoms. The Labute approximate surface area is 359 Å². The summed E-state index contributed by atoms with van der Waals surface area (Å²) in [7, 11) is 0. The summed E-state index contributed by atoms with van der Waals surface area (Å²) in [4.78, 5) is 58.5. The summed E-state index contributed by atoms with van der Waals surface area (Å²) in [5, 5.41) is 42.9. The molecule has 60 heavy (non-hydrogen) atoms. The van der Waals surface area contributed by atoms with E-state index in [4.69, 9.17) is 10.2 Å². The van der Waals surface area contributed by atoms with Crippen LogP contribution in [0, 0.1) is 0 Å². The lowest BCUT2D eigenvalue weighted by Crippen LogP contribution is -2.32. The number of unbranched alkanes of at least 4 members (excludes halogenated alkanes) is 4. The second-order valence-corrected chi connectivity index (χ2v) is 16.9. The summed E-state index contributed by atoms with van der Waals surface area (Å²) in [6.45, 7) is 4.29. The number of aromatic nitrogens is 2. The minimum atomic E-state index is -1.03. The molecule has 6 rings (SSSR count). The van der Waals surface area contributed by atoms with E-state index in [1.54, 1.807) is 0 Å². The highest BCUT2D eigenvalue weighted by molar-refractivity contribution is 7.11. The normalized spacial score (nSPS) is 17.7. The van der Waals surface area contributed by atoms with E-state index in [-0.39, 0.29) is 35.3 Å². The minimum Gasteiger partial charge on any atom is -0.476 e. The molecule has 12 nitrogen and oxygen atoms in total. The lowest BCUT2D eigenvalue weighted by molar-refractivity contribution is -0.118. The number of aromatic carboxylic acids is 2. The zero-order chi connectivity index (χ0) is 43.0. The van der Waals surface area contributed by atoms with Crippen LogP contribution in [-0.2, 0) is 9.59 Å². The van der Waals surface area contributed by atoms with Gasteiger partial charge in [0.05, 0.1) is 12.2 Å². The molecular formula is C46H56N4O8S2. The van der Waals surface area contributed by atoms with Gasteiger partial charge in [0.2, 0.25) is 11.8 Å². The zero-order valence-corrected chi connectivity index (χ0v) is 36.0. The number of anilines is 2.